The zero-order valence-corrected chi connectivity index (χ0v) is 12.1. The van der Waals surface area contributed by atoms with Crippen LogP contribution in [0.3, 0.4) is 0 Å². The van der Waals surface area contributed by atoms with Crippen molar-refractivity contribution >= 4 is 23.1 Å². The molecule has 0 radical (unpaired) electrons. The number of hydrogen-bond donors (Lipinski definition) is 1. The van der Waals surface area contributed by atoms with E-state index in [0.717, 1.165) is 43.5 Å². The summed E-state index contributed by atoms with van der Waals surface area (Å²) >= 11 is 5.11. The van der Waals surface area contributed by atoms with Gasteiger partial charge in [0.2, 0.25) is 0 Å². The lowest BCUT2D eigenvalue weighted by molar-refractivity contribution is 0.0681. The standard InChI is InChI=1S/C15H18N2O2S/c16-14(20)12-3-1-2-7-17(12)15(18)11-4-5-13-10(9-11)6-8-19-13/h4-5,9,12H,1-3,6-8H2,(H2,16,20). The number of nitrogens with two attached hydrogens (primary N) is 1. The fraction of sp³-hybridized carbons (Fsp3) is 0.467. The minimum atomic E-state index is -0.101. The number of ether oxygens (including phenoxy) is 1. The van der Waals surface area contributed by atoms with Gasteiger partial charge in [0.25, 0.3) is 5.91 Å². The molecule has 1 atom stereocenters. The highest BCUT2D eigenvalue weighted by atomic mass is 32.1. The molecule has 2 N–H and O–H groups in total. The molecule has 0 bridgehead atoms. The summed E-state index contributed by atoms with van der Waals surface area (Å²) in [5, 5.41) is 0. The number of carbonyl (C=O) groups excluding carboxylic acids is 1. The second-order valence-electron chi connectivity index (χ2n) is 5.33. The minimum absolute atomic E-state index is 0.0252. The second-order valence-corrected chi connectivity index (χ2v) is 5.80. The van der Waals surface area contributed by atoms with Gasteiger partial charge in [-0.15, -0.1) is 0 Å². The van der Waals surface area contributed by atoms with Crippen LogP contribution in [0.15, 0.2) is 18.2 Å². The Bertz CT molecular complexity index is 559. The highest BCUT2D eigenvalue weighted by molar-refractivity contribution is 7.80. The zero-order chi connectivity index (χ0) is 14.1. The number of piperidine rings is 1. The van der Waals surface area contributed by atoms with Gasteiger partial charge in [0.1, 0.15) is 5.75 Å². The van der Waals surface area contributed by atoms with Crippen LogP contribution in [0.25, 0.3) is 0 Å². The van der Waals surface area contributed by atoms with Crippen LogP contribution in [0.1, 0.15) is 35.2 Å². The van der Waals surface area contributed by atoms with Crippen LogP contribution >= 0.6 is 12.2 Å². The third-order valence-corrected chi connectivity index (χ3v) is 4.30. The van der Waals surface area contributed by atoms with Crippen molar-refractivity contribution in [2.75, 3.05) is 13.2 Å². The van der Waals surface area contributed by atoms with Crippen molar-refractivity contribution in [3.05, 3.63) is 29.3 Å². The molecule has 3 rings (SSSR count). The maximum atomic E-state index is 12.7. The lowest BCUT2D eigenvalue weighted by Gasteiger charge is -2.35. The van der Waals surface area contributed by atoms with Crippen LogP contribution in [0.2, 0.25) is 0 Å². The topological polar surface area (TPSA) is 55.6 Å². The van der Waals surface area contributed by atoms with Crippen molar-refractivity contribution in [1.82, 2.24) is 4.90 Å². The SMILES string of the molecule is NC(=S)C1CCCCN1C(=O)c1ccc2c(c1)CCO2. The van der Waals surface area contributed by atoms with E-state index in [4.69, 9.17) is 22.7 Å². The molecule has 1 aromatic carbocycles. The Balaban J connectivity index is 1.85. The normalized spacial score (nSPS) is 21.2. The first-order chi connectivity index (χ1) is 9.66. The van der Waals surface area contributed by atoms with Crippen LogP contribution in [0, 0.1) is 0 Å². The van der Waals surface area contributed by atoms with Gasteiger partial charge in [-0.05, 0) is 43.0 Å². The number of likely N-dealkylation sites (tertiary alicyclic amines) is 1. The van der Waals surface area contributed by atoms with Gasteiger partial charge in [-0.1, -0.05) is 12.2 Å². The number of hydrogen-bond acceptors (Lipinski definition) is 3. The highest BCUT2D eigenvalue weighted by Crippen LogP contribution is 2.27. The van der Waals surface area contributed by atoms with Gasteiger partial charge >= 0.3 is 0 Å². The predicted octanol–water partition coefficient (Wildman–Crippen LogP) is 1.90. The summed E-state index contributed by atoms with van der Waals surface area (Å²) in [7, 11) is 0. The molecule has 0 saturated carbocycles. The Hall–Kier alpha value is -1.62. The van der Waals surface area contributed by atoms with Crippen molar-refractivity contribution in [2.24, 2.45) is 5.73 Å². The number of benzene rings is 1. The van der Waals surface area contributed by atoms with E-state index in [1.165, 1.54) is 0 Å². The van der Waals surface area contributed by atoms with Crippen LogP contribution in [-0.4, -0.2) is 35.0 Å². The quantitative estimate of drug-likeness (QED) is 0.845. The highest BCUT2D eigenvalue weighted by Gasteiger charge is 2.29. The Morgan fingerprint density at radius 2 is 2.25 bits per heavy atom. The molecule has 4 nitrogen and oxygen atoms in total. The minimum Gasteiger partial charge on any atom is -0.493 e. The van der Waals surface area contributed by atoms with Crippen molar-refractivity contribution in [3.63, 3.8) is 0 Å². The predicted molar refractivity (Wildman–Crippen MR) is 81.1 cm³/mol. The van der Waals surface area contributed by atoms with E-state index in [1.54, 1.807) is 0 Å². The van der Waals surface area contributed by atoms with Gasteiger partial charge in [0.05, 0.1) is 17.6 Å². The van der Waals surface area contributed by atoms with E-state index in [1.807, 2.05) is 23.1 Å². The molecule has 0 spiro atoms. The molecule has 1 fully saturated rings. The van der Waals surface area contributed by atoms with Crippen molar-refractivity contribution < 1.29 is 9.53 Å². The molecule has 0 aliphatic carbocycles. The smallest absolute Gasteiger partial charge is 0.254 e. The third kappa shape index (κ3) is 2.38. The first-order valence-electron chi connectivity index (χ1n) is 7.03. The molecule has 1 amide bonds. The van der Waals surface area contributed by atoms with E-state index < -0.39 is 0 Å². The Labute approximate surface area is 123 Å². The average molecular weight is 290 g/mol. The maximum absolute atomic E-state index is 12.7. The van der Waals surface area contributed by atoms with Gasteiger partial charge in [-0.2, -0.15) is 0 Å². The number of nitrogens with zero attached hydrogens (tertiary/aromatic N) is 1. The summed E-state index contributed by atoms with van der Waals surface area (Å²) in [5.74, 6) is 0.920. The van der Waals surface area contributed by atoms with Crippen molar-refractivity contribution in [1.29, 1.82) is 0 Å². The molecule has 2 aliphatic heterocycles. The Morgan fingerprint density at radius 3 is 3.05 bits per heavy atom. The summed E-state index contributed by atoms with van der Waals surface area (Å²) in [6.07, 6.45) is 3.83. The lowest BCUT2D eigenvalue weighted by Crippen LogP contribution is -2.49. The molecule has 2 aliphatic rings. The average Bonchev–Trinajstić information content (AvgIpc) is 2.93. The number of amides is 1. The number of fused-ring (bicyclic) bond motifs is 1. The van der Waals surface area contributed by atoms with Crippen molar-refractivity contribution in [2.45, 2.75) is 31.7 Å². The van der Waals surface area contributed by atoms with Gasteiger partial charge < -0.3 is 15.4 Å². The van der Waals surface area contributed by atoms with E-state index in [0.29, 0.717) is 17.2 Å². The third-order valence-electron chi connectivity index (χ3n) is 4.03. The van der Waals surface area contributed by atoms with Gasteiger partial charge in [0, 0.05) is 18.5 Å². The second kappa shape index (κ2) is 5.40. The largest absolute Gasteiger partial charge is 0.493 e. The molecule has 5 heteroatoms. The summed E-state index contributed by atoms with van der Waals surface area (Å²) in [6.45, 7) is 1.43. The molecule has 1 unspecified atom stereocenters. The molecule has 20 heavy (non-hydrogen) atoms. The molecule has 2 heterocycles. The van der Waals surface area contributed by atoms with E-state index >= 15 is 0 Å². The summed E-state index contributed by atoms with van der Waals surface area (Å²) in [6, 6.07) is 5.55. The Morgan fingerprint density at radius 1 is 1.40 bits per heavy atom. The Kier molecular flexibility index (Phi) is 3.61. The summed E-state index contributed by atoms with van der Waals surface area (Å²) in [4.78, 5) is 14.9. The molecule has 1 aromatic rings. The number of thiocarbonyl (C=S) groups is 1. The van der Waals surface area contributed by atoms with Crippen LogP contribution in [0.4, 0.5) is 0 Å². The number of rotatable bonds is 2. The summed E-state index contributed by atoms with van der Waals surface area (Å²) < 4.78 is 5.47. The molecule has 0 aromatic heterocycles. The van der Waals surface area contributed by atoms with Gasteiger partial charge in [-0.25, -0.2) is 0 Å². The molecular weight excluding hydrogens is 272 g/mol. The maximum Gasteiger partial charge on any atom is 0.254 e. The molecule has 1 saturated heterocycles. The summed E-state index contributed by atoms with van der Waals surface area (Å²) in [5.41, 5.74) is 7.60. The molecule has 106 valence electrons. The first kappa shape index (κ1) is 13.4. The van der Waals surface area contributed by atoms with Gasteiger partial charge in [0.15, 0.2) is 0 Å². The lowest BCUT2D eigenvalue weighted by atomic mass is 10.00. The zero-order valence-electron chi connectivity index (χ0n) is 11.3. The number of carbonyl (C=O) groups is 1. The van der Waals surface area contributed by atoms with Crippen LogP contribution in [-0.2, 0) is 6.42 Å². The van der Waals surface area contributed by atoms with E-state index in [9.17, 15) is 4.79 Å². The fourth-order valence-electron chi connectivity index (χ4n) is 2.96. The van der Waals surface area contributed by atoms with E-state index in [-0.39, 0.29) is 11.9 Å². The van der Waals surface area contributed by atoms with E-state index in [2.05, 4.69) is 0 Å². The van der Waals surface area contributed by atoms with Crippen molar-refractivity contribution in [3.8, 4) is 5.75 Å². The van der Waals surface area contributed by atoms with Gasteiger partial charge in [-0.3, -0.25) is 4.79 Å². The monoisotopic (exact) mass is 290 g/mol. The van der Waals surface area contributed by atoms with Crippen LogP contribution < -0.4 is 10.5 Å². The first-order valence-corrected chi connectivity index (χ1v) is 7.43. The molecular formula is C15H18N2O2S. The van der Waals surface area contributed by atoms with Crippen LogP contribution in [0.5, 0.6) is 5.75 Å². The fourth-order valence-corrected chi connectivity index (χ4v) is 3.20.